The maximum absolute atomic E-state index is 11.7. The first kappa shape index (κ1) is 11.6. The Hall–Kier alpha value is -1.86. The average molecular weight is 273 g/mol. The highest BCUT2D eigenvalue weighted by atomic mass is 35.5. The molecule has 0 aliphatic carbocycles. The zero-order chi connectivity index (χ0) is 12.4. The number of nitrogens with zero attached hydrogens (tertiary/aromatic N) is 3. The van der Waals surface area contributed by atoms with Gasteiger partial charge in [0.25, 0.3) is 5.91 Å². The van der Waals surface area contributed by atoms with Crippen molar-refractivity contribution in [3.05, 3.63) is 28.4 Å². The molecule has 2 aromatic heterocycles. The fourth-order valence-corrected chi connectivity index (χ4v) is 1.52. The third-order valence-corrected chi connectivity index (χ3v) is 2.17. The van der Waals surface area contributed by atoms with Crippen LogP contribution in [0.15, 0.2) is 12.3 Å². The number of hydrogen-bond donors (Lipinski definition) is 3. The number of rotatable bonds is 2. The molecule has 0 saturated heterocycles. The number of H-pyrrole nitrogens is 1. The molecular weight excluding hydrogens is 267 g/mol. The van der Waals surface area contributed by atoms with E-state index in [0.29, 0.717) is 0 Å². The van der Waals surface area contributed by atoms with Crippen molar-refractivity contribution in [3.8, 4) is 0 Å². The monoisotopic (exact) mass is 272 g/mol. The maximum atomic E-state index is 11.7. The Balaban J connectivity index is 2.21. The summed E-state index contributed by atoms with van der Waals surface area (Å²) in [5.41, 5.74) is 5.88. The molecule has 0 fully saturated rings. The quantitative estimate of drug-likeness (QED) is 0.565. The second-order valence-corrected chi connectivity index (χ2v) is 3.72. The summed E-state index contributed by atoms with van der Waals surface area (Å²) >= 11 is 11.2. The Labute approximate surface area is 105 Å². The number of nitrogens with two attached hydrogens (primary N) is 1. The number of anilines is 2. The highest BCUT2D eigenvalue weighted by Crippen LogP contribution is 2.15. The predicted molar refractivity (Wildman–Crippen MR) is 63.0 cm³/mol. The van der Waals surface area contributed by atoms with Gasteiger partial charge in [0.2, 0.25) is 5.28 Å². The van der Waals surface area contributed by atoms with Crippen molar-refractivity contribution in [2.75, 3.05) is 11.1 Å². The van der Waals surface area contributed by atoms with Gasteiger partial charge in [0.1, 0.15) is 16.7 Å². The van der Waals surface area contributed by atoms with Gasteiger partial charge >= 0.3 is 0 Å². The lowest BCUT2D eigenvalue weighted by atomic mass is 10.3. The van der Waals surface area contributed by atoms with Crippen LogP contribution in [0.1, 0.15) is 10.5 Å². The average Bonchev–Trinajstić information content (AvgIpc) is 2.62. The zero-order valence-electron chi connectivity index (χ0n) is 8.24. The molecule has 17 heavy (non-hydrogen) atoms. The van der Waals surface area contributed by atoms with Gasteiger partial charge in [-0.2, -0.15) is 5.10 Å². The van der Waals surface area contributed by atoms with E-state index in [0.717, 1.165) is 0 Å². The molecule has 2 heterocycles. The Morgan fingerprint density at radius 2 is 2.18 bits per heavy atom. The van der Waals surface area contributed by atoms with Crippen LogP contribution in [0.5, 0.6) is 0 Å². The first-order chi connectivity index (χ1) is 8.06. The van der Waals surface area contributed by atoms with Gasteiger partial charge in [0.15, 0.2) is 0 Å². The van der Waals surface area contributed by atoms with Crippen molar-refractivity contribution in [2.24, 2.45) is 0 Å². The zero-order valence-corrected chi connectivity index (χ0v) is 9.75. The van der Waals surface area contributed by atoms with Crippen molar-refractivity contribution in [1.29, 1.82) is 0 Å². The highest BCUT2D eigenvalue weighted by molar-refractivity contribution is 6.32. The van der Waals surface area contributed by atoms with Crippen LogP contribution in [0, 0.1) is 0 Å². The number of aromatic nitrogens is 4. The summed E-state index contributed by atoms with van der Waals surface area (Å²) in [6, 6.07) is 1.36. The number of hydrogen-bond acceptors (Lipinski definition) is 5. The number of carbonyl (C=O) groups is 1. The Kier molecular flexibility index (Phi) is 3.12. The molecule has 0 aliphatic heterocycles. The van der Waals surface area contributed by atoms with Crippen LogP contribution >= 0.6 is 23.2 Å². The minimum atomic E-state index is -0.495. The van der Waals surface area contributed by atoms with Crippen LogP contribution in [-0.2, 0) is 0 Å². The molecule has 0 aliphatic rings. The van der Waals surface area contributed by atoms with Gasteiger partial charge < -0.3 is 11.1 Å². The molecule has 0 atom stereocenters. The largest absolute Gasteiger partial charge is 0.396 e. The topological polar surface area (TPSA) is 110 Å². The lowest BCUT2D eigenvalue weighted by Gasteiger charge is -2.03. The first-order valence-electron chi connectivity index (χ1n) is 4.36. The van der Waals surface area contributed by atoms with E-state index < -0.39 is 5.91 Å². The van der Waals surface area contributed by atoms with E-state index in [9.17, 15) is 4.79 Å². The SMILES string of the molecule is Nc1cn[nH]c1C(=O)Nc1cc(Cl)nc(Cl)n1. The van der Waals surface area contributed by atoms with Crippen LogP contribution in [0.25, 0.3) is 0 Å². The van der Waals surface area contributed by atoms with Gasteiger partial charge in [-0.3, -0.25) is 9.89 Å². The van der Waals surface area contributed by atoms with Crippen LogP contribution in [-0.4, -0.2) is 26.1 Å². The molecule has 0 radical (unpaired) electrons. The first-order valence-corrected chi connectivity index (χ1v) is 5.12. The molecule has 2 rings (SSSR count). The summed E-state index contributed by atoms with van der Waals surface area (Å²) in [6.45, 7) is 0. The van der Waals surface area contributed by atoms with Gasteiger partial charge in [-0.25, -0.2) is 9.97 Å². The van der Waals surface area contributed by atoms with Crippen molar-refractivity contribution >= 4 is 40.6 Å². The molecule has 9 heteroatoms. The van der Waals surface area contributed by atoms with E-state index in [4.69, 9.17) is 28.9 Å². The van der Waals surface area contributed by atoms with Gasteiger partial charge in [0, 0.05) is 6.07 Å². The standard InChI is InChI=1S/C8H6Cl2N6O/c9-4-1-5(15-8(10)13-4)14-7(17)6-3(11)2-12-16-6/h1-2H,11H2,(H,12,16)(H,13,14,15,17). The molecule has 0 saturated carbocycles. The molecule has 2 aromatic rings. The van der Waals surface area contributed by atoms with Crippen LogP contribution < -0.4 is 11.1 Å². The van der Waals surface area contributed by atoms with E-state index in [1.807, 2.05) is 0 Å². The van der Waals surface area contributed by atoms with Gasteiger partial charge in [0.05, 0.1) is 11.9 Å². The van der Waals surface area contributed by atoms with Crippen LogP contribution in [0.3, 0.4) is 0 Å². The maximum Gasteiger partial charge on any atom is 0.276 e. The smallest absolute Gasteiger partial charge is 0.276 e. The van der Waals surface area contributed by atoms with Crippen LogP contribution in [0.4, 0.5) is 11.5 Å². The fourth-order valence-electron chi connectivity index (χ4n) is 1.11. The molecule has 7 nitrogen and oxygen atoms in total. The van der Waals surface area contributed by atoms with Crippen molar-refractivity contribution in [1.82, 2.24) is 20.2 Å². The highest BCUT2D eigenvalue weighted by Gasteiger charge is 2.13. The third kappa shape index (κ3) is 2.63. The predicted octanol–water partition coefficient (Wildman–Crippen LogP) is 1.34. The number of nitrogen functional groups attached to an aromatic ring is 1. The van der Waals surface area contributed by atoms with Crippen molar-refractivity contribution in [3.63, 3.8) is 0 Å². The Morgan fingerprint density at radius 3 is 2.76 bits per heavy atom. The van der Waals surface area contributed by atoms with Gasteiger partial charge in [-0.05, 0) is 11.6 Å². The summed E-state index contributed by atoms with van der Waals surface area (Å²) in [6.07, 6.45) is 1.33. The van der Waals surface area contributed by atoms with Crippen molar-refractivity contribution in [2.45, 2.75) is 0 Å². The van der Waals surface area contributed by atoms with Gasteiger partial charge in [-0.1, -0.05) is 11.6 Å². The van der Waals surface area contributed by atoms with Crippen LogP contribution in [0.2, 0.25) is 10.4 Å². The summed E-state index contributed by atoms with van der Waals surface area (Å²) in [4.78, 5) is 19.1. The molecule has 1 amide bonds. The number of nitrogens with one attached hydrogen (secondary N) is 2. The summed E-state index contributed by atoms with van der Waals surface area (Å²) < 4.78 is 0. The number of aromatic amines is 1. The summed E-state index contributed by atoms with van der Waals surface area (Å²) in [5.74, 6) is -0.320. The third-order valence-electron chi connectivity index (χ3n) is 1.80. The van der Waals surface area contributed by atoms with E-state index >= 15 is 0 Å². The Bertz CT molecular complexity index is 549. The van der Waals surface area contributed by atoms with Gasteiger partial charge in [-0.15, -0.1) is 0 Å². The molecule has 0 unspecified atom stereocenters. The minimum Gasteiger partial charge on any atom is -0.396 e. The molecule has 0 aromatic carbocycles. The summed E-state index contributed by atoms with van der Waals surface area (Å²) in [7, 11) is 0. The number of carbonyl (C=O) groups excluding carboxylic acids is 1. The van der Waals surface area contributed by atoms with Crippen molar-refractivity contribution < 1.29 is 4.79 Å². The van der Waals surface area contributed by atoms with E-state index in [1.54, 1.807) is 0 Å². The second kappa shape index (κ2) is 4.56. The molecular formula is C8H6Cl2N6O. The van der Waals surface area contributed by atoms with E-state index in [-0.39, 0.29) is 27.6 Å². The summed E-state index contributed by atoms with van der Waals surface area (Å²) in [5, 5.41) is 8.60. The lowest BCUT2D eigenvalue weighted by molar-refractivity contribution is 0.102. The molecule has 0 spiro atoms. The lowest BCUT2D eigenvalue weighted by Crippen LogP contribution is -2.15. The fraction of sp³-hybridized carbons (Fsp3) is 0. The van der Waals surface area contributed by atoms with E-state index in [2.05, 4.69) is 25.5 Å². The van der Waals surface area contributed by atoms with E-state index in [1.165, 1.54) is 12.3 Å². The number of halogens is 2. The molecule has 88 valence electrons. The second-order valence-electron chi connectivity index (χ2n) is 3.00. The Morgan fingerprint density at radius 1 is 1.41 bits per heavy atom. The molecule has 0 bridgehead atoms. The minimum absolute atomic E-state index is 0.0645. The molecule has 4 N–H and O–H groups in total. The number of amides is 1. The normalized spacial score (nSPS) is 10.2.